The molecule has 3 rings (SSSR count). The fourth-order valence-corrected chi connectivity index (χ4v) is 4.35. The van der Waals surface area contributed by atoms with Crippen molar-refractivity contribution >= 4 is 5.69 Å². The van der Waals surface area contributed by atoms with E-state index in [2.05, 4.69) is 11.5 Å². The maximum Gasteiger partial charge on any atom is 0.162 e. The molecule has 0 saturated heterocycles. The van der Waals surface area contributed by atoms with Gasteiger partial charge in [0.05, 0.1) is 11.6 Å². The third-order valence-electron chi connectivity index (χ3n) is 5.49. The second kappa shape index (κ2) is 6.44. The van der Waals surface area contributed by atoms with Gasteiger partial charge in [-0.1, -0.05) is 18.9 Å². The lowest BCUT2D eigenvalue weighted by Gasteiger charge is -2.41. The van der Waals surface area contributed by atoms with Crippen molar-refractivity contribution in [3.05, 3.63) is 30.4 Å². The molecular formula is C19H27NO3. The summed E-state index contributed by atoms with van der Waals surface area (Å²) in [7, 11) is 0. The van der Waals surface area contributed by atoms with Crippen LogP contribution >= 0.6 is 0 Å². The zero-order valence-electron chi connectivity index (χ0n) is 13.7. The molecule has 1 aliphatic heterocycles. The fraction of sp³-hybridized carbons (Fsp3) is 0.579. The molecule has 1 aromatic carbocycles. The fourth-order valence-electron chi connectivity index (χ4n) is 4.35. The average molecular weight is 317 g/mol. The molecule has 1 saturated carbocycles. The Bertz CT molecular complexity index is 586. The van der Waals surface area contributed by atoms with E-state index in [4.69, 9.17) is 0 Å². The Morgan fingerprint density at radius 3 is 2.74 bits per heavy atom. The molecule has 1 heterocycles. The van der Waals surface area contributed by atoms with Gasteiger partial charge in [-0.3, -0.25) is 0 Å². The van der Waals surface area contributed by atoms with Gasteiger partial charge in [0.2, 0.25) is 0 Å². The monoisotopic (exact) mass is 317 g/mol. The van der Waals surface area contributed by atoms with Crippen LogP contribution in [0, 0.1) is 0 Å². The lowest BCUT2D eigenvalue weighted by atomic mass is 9.87. The SMILES string of the molecule is C=CCN1c2ccc(O)c(O)c2CCCCCC2(O)CCCC12. The molecular weight excluding hydrogens is 290 g/mol. The van der Waals surface area contributed by atoms with Gasteiger partial charge in [-0.2, -0.15) is 0 Å². The van der Waals surface area contributed by atoms with Gasteiger partial charge in [-0.25, -0.2) is 0 Å². The van der Waals surface area contributed by atoms with E-state index in [-0.39, 0.29) is 17.5 Å². The van der Waals surface area contributed by atoms with Gasteiger partial charge in [0, 0.05) is 17.8 Å². The smallest absolute Gasteiger partial charge is 0.162 e. The van der Waals surface area contributed by atoms with E-state index in [1.807, 2.05) is 12.1 Å². The van der Waals surface area contributed by atoms with Crippen LogP contribution in [0.2, 0.25) is 0 Å². The van der Waals surface area contributed by atoms with Crippen molar-refractivity contribution in [2.24, 2.45) is 0 Å². The maximum absolute atomic E-state index is 11.2. The highest BCUT2D eigenvalue weighted by molar-refractivity contribution is 5.64. The van der Waals surface area contributed by atoms with Crippen LogP contribution in [0.15, 0.2) is 24.8 Å². The highest BCUT2D eigenvalue weighted by atomic mass is 16.3. The Labute approximate surface area is 138 Å². The maximum atomic E-state index is 11.2. The molecule has 0 aromatic heterocycles. The normalized spacial score (nSPS) is 28.0. The van der Waals surface area contributed by atoms with Crippen molar-refractivity contribution in [1.82, 2.24) is 0 Å². The first-order valence-electron chi connectivity index (χ1n) is 8.70. The zero-order valence-corrected chi connectivity index (χ0v) is 13.7. The molecule has 126 valence electrons. The van der Waals surface area contributed by atoms with Crippen molar-refractivity contribution in [2.75, 3.05) is 11.4 Å². The van der Waals surface area contributed by atoms with E-state index in [9.17, 15) is 15.3 Å². The van der Waals surface area contributed by atoms with Gasteiger partial charge in [0.25, 0.3) is 0 Å². The Morgan fingerprint density at radius 1 is 1.17 bits per heavy atom. The average Bonchev–Trinajstić information content (AvgIpc) is 2.91. The van der Waals surface area contributed by atoms with E-state index >= 15 is 0 Å². The van der Waals surface area contributed by atoms with Crippen LogP contribution in [0.3, 0.4) is 0 Å². The van der Waals surface area contributed by atoms with Gasteiger partial charge in [0.1, 0.15) is 0 Å². The Hall–Kier alpha value is -1.68. The zero-order chi connectivity index (χ0) is 16.4. The Morgan fingerprint density at radius 2 is 1.96 bits per heavy atom. The molecule has 0 radical (unpaired) electrons. The summed E-state index contributed by atoms with van der Waals surface area (Å²) in [6, 6.07) is 3.46. The lowest BCUT2D eigenvalue weighted by Crippen LogP contribution is -2.50. The second-order valence-corrected chi connectivity index (χ2v) is 6.94. The molecule has 3 N–H and O–H groups in total. The van der Waals surface area contributed by atoms with Crippen molar-refractivity contribution in [2.45, 2.75) is 63.0 Å². The molecule has 4 nitrogen and oxygen atoms in total. The molecule has 4 heteroatoms. The summed E-state index contributed by atoms with van der Waals surface area (Å²) in [4.78, 5) is 2.18. The van der Waals surface area contributed by atoms with Crippen LogP contribution in [0.5, 0.6) is 11.5 Å². The molecule has 23 heavy (non-hydrogen) atoms. The summed E-state index contributed by atoms with van der Waals surface area (Å²) in [5.41, 5.74) is 1.06. The van der Waals surface area contributed by atoms with Gasteiger partial charge >= 0.3 is 0 Å². The summed E-state index contributed by atoms with van der Waals surface area (Å²) < 4.78 is 0. The van der Waals surface area contributed by atoms with Crippen LogP contribution in [-0.2, 0) is 6.42 Å². The highest BCUT2D eigenvalue weighted by Crippen LogP contribution is 2.44. The number of fused-ring (bicyclic) bond motifs is 2. The molecule has 0 spiro atoms. The largest absolute Gasteiger partial charge is 0.504 e. The minimum atomic E-state index is -0.662. The molecule has 1 aliphatic carbocycles. The topological polar surface area (TPSA) is 63.9 Å². The van der Waals surface area contributed by atoms with Crippen LogP contribution in [0.1, 0.15) is 50.5 Å². The van der Waals surface area contributed by atoms with Gasteiger partial charge in [-0.15, -0.1) is 6.58 Å². The van der Waals surface area contributed by atoms with Gasteiger partial charge in [-0.05, 0) is 50.7 Å². The number of nitrogens with zero attached hydrogens (tertiary/aromatic N) is 1. The first-order valence-corrected chi connectivity index (χ1v) is 8.70. The van der Waals surface area contributed by atoms with Crippen molar-refractivity contribution in [3.63, 3.8) is 0 Å². The predicted molar refractivity (Wildman–Crippen MR) is 92.1 cm³/mol. The number of aromatic hydroxyl groups is 2. The minimum Gasteiger partial charge on any atom is -0.504 e. The minimum absolute atomic E-state index is 0.0151. The number of anilines is 1. The Kier molecular flexibility index (Phi) is 4.53. The van der Waals surface area contributed by atoms with Gasteiger partial charge < -0.3 is 20.2 Å². The Balaban J connectivity index is 2.10. The number of phenolic OH excluding ortho intramolecular Hbond substituents is 2. The molecule has 2 aliphatic rings. The third kappa shape index (κ3) is 2.92. The number of hydrogen-bond donors (Lipinski definition) is 3. The molecule has 1 aromatic rings. The molecule has 0 bridgehead atoms. The predicted octanol–water partition coefficient (Wildman–Crippen LogP) is 3.49. The quantitative estimate of drug-likeness (QED) is 0.577. The molecule has 2 atom stereocenters. The lowest BCUT2D eigenvalue weighted by molar-refractivity contribution is 0.0187. The van der Waals surface area contributed by atoms with E-state index in [1.54, 1.807) is 6.07 Å². The van der Waals surface area contributed by atoms with Crippen molar-refractivity contribution in [1.29, 1.82) is 0 Å². The van der Waals surface area contributed by atoms with Gasteiger partial charge in [0.15, 0.2) is 11.5 Å². The third-order valence-corrected chi connectivity index (χ3v) is 5.49. The first-order chi connectivity index (χ1) is 11.1. The molecule has 1 fully saturated rings. The number of rotatable bonds is 2. The highest BCUT2D eigenvalue weighted by Gasteiger charge is 2.44. The first kappa shape index (κ1) is 16.2. The van der Waals surface area contributed by atoms with E-state index < -0.39 is 5.60 Å². The summed E-state index contributed by atoms with van der Waals surface area (Å²) in [5, 5.41) is 31.4. The second-order valence-electron chi connectivity index (χ2n) is 6.94. The number of phenols is 2. The van der Waals surface area contributed by atoms with Crippen molar-refractivity contribution in [3.8, 4) is 11.5 Å². The van der Waals surface area contributed by atoms with E-state index in [1.165, 1.54) is 0 Å². The molecule has 2 unspecified atom stereocenters. The summed E-state index contributed by atoms with van der Waals surface area (Å²) in [6.07, 6.45) is 9.23. The van der Waals surface area contributed by atoms with Crippen LogP contribution in [-0.4, -0.2) is 33.5 Å². The summed E-state index contributed by atoms with van der Waals surface area (Å²) >= 11 is 0. The van der Waals surface area contributed by atoms with E-state index in [0.717, 1.165) is 62.6 Å². The van der Waals surface area contributed by atoms with E-state index in [0.29, 0.717) is 6.54 Å². The number of aliphatic hydroxyl groups is 1. The number of hydrogen-bond acceptors (Lipinski definition) is 4. The number of benzene rings is 1. The summed E-state index contributed by atoms with van der Waals surface area (Å²) in [5.74, 6) is -0.0836. The standard InChI is InChI=1S/C19H27NO3/c1-2-13-20-15-9-10-16(21)18(22)14(15)7-4-3-5-11-19(23)12-6-8-17(19)20/h2,9-10,17,21-23H,1,3-8,11-13H2. The molecule has 0 amide bonds. The van der Waals surface area contributed by atoms with Crippen LogP contribution in [0.25, 0.3) is 0 Å². The van der Waals surface area contributed by atoms with Crippen LogP contribution < -0.4 is 4.90 Å². The van der Waals surface area contributed by atoms with Crippen LogP contribution in [0.4, 0.5) is 5.69 Å². The summed E-state index contributed by atoms with van der Waals surface area (Å²) in [6.45, 7) is 4.49. The van der Waals surface area contributed by atoms with Crippen molar-refractivity contribution < 1.29 is 15.3 Å².